The molecular weight excluding hydrogens is 292 g/mol. The Kier molecular flexibility index (Phi) is 4.71. The lowest BCUT2D eigenvalue weighted by Gasteiger charge is -2.28. The molecule has 0 spiro atoms. The van der Waals surface area contributed by atoms with Gasteiger partial charge in [-0.2, -0.15) is 0 Å². The first-order chi connectivity index (χ1) is 11.1. The molecule has 6 heteroatoms. The van der Waals surface area contributed by atoms with Gasteiger partial charge in [-0.3, -0.25) is 4.79 Å². The van der Waals surface area contributed by atoms with Crippen LogP contribution in [0.3, 0.4) is 0 Å². The zero-order valence-electron chi connectivity index (χ0n) is 13.6. The summed E-state index contributed by atoms with van der Waals surface area (Å²) < 4.78 is 5.40. The Morgan fingerprint density at radius 3 is 2.83 bits per heavy atom. The summed E-state index contributed by atoms with van der Waals surface area (Å²) in [5, 5.41) is 3.93. The SMILES string of the molecule is CC(C)CC(=O)Nc1ccc2c(N3CCOCC3)ncnc2c1. The summed E-state index contributed by atoms with van der Waals surface area (Å²) >= 11 is 0. The van der Waals surface area contributed by atoms with Crippen molar-refractivity contribution < 1.29 is 9.53 Å². The second-order valence-corrected chi connectivity index (χ2v) is 6.17. The first kappa shape index (κ1) is 15.7. The Bertz CT molecular complexity index is 696. The van der Waals surface area contributed by atoms with Gasteiger partial charge in [-0.25, -0.2) is 9.97 Å². The summed E-state index contributed by atoms with van der Waals surface area (Å²) in [6.45, 7) is 7.16. The number of anilines is 2. The van der Waals surface area contributed by atoms with Crippen LogP contribution in [-0.4, -0.2) is 42.2 Å². The summed E-state index contributed by atoms with van der Waals surface area (Å²) in [5.41, 5.74) is 1.61. The van der Waals surface area contributed by atoms with Gasteiger partial charge in [0, 0.05) is 30.6 Å². The standard InChI is InChI=1S/C17H22N4O2/c1-12(2)9-16(22)20-13-3-4-14-15(10-13)18-11-19-17(14)21-5-7-23-8-6-21/h3-4,10-12H,5-9H2,1-2H3,(H,20,22). The van der Waals surface area contributed by atoms with Crippen molar-refractivity contribution in [2.24, 2.45) is 5.92 Å². The van der Waals surface area contributed by atoms with E-state index in [0.29, 0.717) is 12.3 Å². The van der Waals surface area contributed by atoms with Crippen LogP contribution in [0, 0.1) is 5.92 Å². The number of carbonyl (C=O) groups is 1. The Morgan fingerprint density at radius 1 is 1.30 bits per heavy atom. The first-order valence-corrected chi connectivity index (χ1v) is 8.01. The Hall–Kier alpha value is -2.21. The third-order valence-corrected chi connectivity index (χ3v) is 3.80. The molecule has 0 bridgehead atoms. The molecular formula is C17H22N4O2. The van der Waals surface area contributed by atoms with Crippen LogP contribution < -0.4 is 10.2 Å². The fourth-order valence-corrected chi connectivity index (χ4v) is 2.73. The molecule has 1 N–H and O–H groups in total. The van der Waals surface area contributed by atoms with Gasteiger partial charge in [-0.05, 0) is 24.1 Å². The van der Waals surface area contributed by atoms with Gasteiger partial charge in [0.1, 0.15) is 12.1 Å². The van der Waals surface area contributed by atoms with Crippen LogP contribution in [0.15, 0.2) is 24.5 Å². The number of nitrogens with one attached hydrogen (secondary N) is 1. The highest BCUT2D eigenvalue weighted by molar-refractivity contribution is 5.96. The van der Waals surface area contributed by atoms with Crippen molar-refractivity contribution in [1.82, 2.24) is 9.97 Å². The topological polar surface area (TPSA) is 67.4 Å². The molecule has 0 unspecified atom stereocenters. The van der Waals surface area contributed by atoms with E-state index in [4.69, 9.17) is 4.74 Å². The Labute approximate surface area is 135 Å². The van der Waals surface area contributed by atoms with Crippen LogP contribution in [0.4, 0.5) is 11.5 Å². The molecule has 23 heavy (non-hydrogen) atoms. The molecule has 0 atom stereocenters. The molecule has 0 aliphatic carbocycles. The normalized spacial score (nSPS) is 15.2. The second-order valence-electron chi connectivity index (χ2n) is 6.17. The molecule has 6 nitrogen and oxygen atoms in total. The largest absolute Gasteiger partial charge is 0.378 e. The van der Waals surface area contributed by atoms with Crippen molar-refractivity contribution in [1.29, 1.82) is 0 Å². The van der Waals surface area contributed by atoms with E-state index in [1.54, 1.807) is 6.33 Å². The third-order valence-electron chi connectivity index (χ3n) is 3.80. The number of morpholine rings is 1. The van der Waals surface area contributed by atoms with Gasteiger partial charge < -0.3 is 15.0 Å². The van der Waals surface area contributed by atoms with Crippen molar-refractivity contribution in [3.8, 4) is 0 Å². The van der Waals surface area contributed by atoms with E-state index in [0.717, 1.165) is 48.7 Å². The lowest BCUT2D eigenvalue weighted by atomic mass is 10.1. The summed E-state index contributed by atoms with van der Waals surface area (Å²) in [6, 6.07) is 5.79. The predicted molar refractivity (Wildman–Crippen MR) is 90.7 cm³/mol. The molecule has 1 amide bonds. The van der Waals surface area contributed by atoms with Crippen LogP contribution in [0.1, 0.15) is 20.3 Å². The number of carbonyl (C=O) groups excluding carboxylic acids is 1. The van der Waals surface area contributed by atoms with Crippen molar-refractivity contribution in [3.05, 3.63) is 24.5 Å². The predicted octanol–water partition coefficient (Wildman–Crippen LogP) is 2.45. The number of hydrogen-bond acceptors (Lipinski definition) is 5. The second kappa shape index (κ2) is 6.91. The molecule has 0 radical (unpaired) electrons. The molecule has 2 heterocycles. The Morgan fingerprint density at radius 2 is 2.09 bits per heavy atom. The number of ether oxygens (including phenoxy) is 1. The van der Waals surface area contributed by atoms with Crippen molar-refractivity contribution in [2.45, 2.75) is 20.3 Å². The minimum Gasteiger partial charge on any atom is -0.378 e. The zero-order valence-corrected chi connectivity index (χ0v) is 13.6. The van der Waals surface area contributed by atoms with Gasteiger partial charge >= 0.3 is 0 Å². The van der Waals surface area contributed by atoms with Crippen LogP contribution in [0.25, 0.3) is 10.9 Å². The van der Waals surface area contributed by atoms with E-state index >= 15 is 0 Å². The number of hydrogen-bond donors (Lipinski definition) is 1. The summed E-state index contributed by atoms with van der Waals surface area (Å²) in [7, 11) is 0. The lowest BCUT2D eigenvalue weighted by molar-refractivity contribution is -0.116. The maximum absolute atomic E-state index is 11.9. The fourth-order valence-electron chi connectivity index (χ4n) is 2.73. The highest BCUT2D eigenvalue weighted by Gasteiger charge is 2.16. The van der Waals surface area contributed by atoms with Gasteiger partial charge in [0.2, 0.25) is 5.91 Å². The molecule has 1 aliphatic rings. The molecule has 0 saturated carbocycles. The van der Waals surface area contributed by atoms with Gasteiger partial charge in [0.25, 0.3) is 0 Å². The van der Waals surface area contributed by atoms with Gasteiger partial charge in [-0.15, -0.1) is 0 Å². The van der Waals surface area contributed by atoms with Gasteiger partial charge in [-0.1, -0.05) is 13.8 Å². The van der Waals surface area contributed by atoms with Gasteiger partial charge in [0.05, 0.1) is 18.7 Å². The van der Waals surface area contributed by atoms with E-state index in [1.165, 1.54) is 0 Å². The van der Waals surface area contributed by atoms with Crippen LogP contribution >= 0.6 is 0 Å². The lowest BCUT2D eigenvalue weighted by Crippen LogP contribution is -2.36. The smallest absolute Gasteiger partial charge is 0.224 e. The highest BCUT2D eigenvalue weighted by atomic mass is 16.5. The minimum absolute atomic E-state index is 0.0295. The first-order valence-electron chi connectivity index (χ1n) is 8.01. The summed E-state index contributed by atoms with van der Waals surface area (Å²) in [6.07, 6.45) is 2.09. The molecule has 2 aromatic rings. The van der Waals surface area contributed by atoms with Crippen LogP contribution in [0.2, 0.25) is 0 Å². The number of amides is 1. The molecule has 1 aromatic heterocycles. The Balaban J connectivity index is 1.84. The highest BCUT2D eigenvalue weighted by Crippen LogP contribution is 2.26. The van der Waals surface area contributed by atoms with Crippen molar-refractivity contribution >= 4 is 28.3 Å². The van der Waals surface area contributed by atoms with E-state index in [1.807, 2.05) is 32.0 Å². The van der Waals surface area contributed by atoms with Crippen LogP contribution in [-0.2, 0) is 9.53 Å². The summed E-state index contributed by atoms with van der Waals surface area (Å²) in [5.74, 6) is 1.30. The molecule has 1 saturated heterocycles. The third kappa shape index (κ3) is 3.76. The maximum atomic E-state index is 11.9. The number of benzene rings is 1. The fraction of sp³-hybridized carbons (Fsp3) is 0.471. The maximum Gasteiger partial charge on any atom is 0.224 e. The minimum atomic E-state index is 0.0295. The van der Waals surface area contributed by atoms with E-state index in [2.05, 4.69) is 20.2 Å². The van der Waals surface area contributed by atoms with Crippen LogP contribution in [0.5, 0.6) is 0 Å². The molecule has 3 rings (SSSR count). The average Bonchev–Trinajstić information content (AvgIpc) is 2.54. The number of fused-ring (bicyclic) bond motifs is 1. The van der Waals surface area contributed by atoms with E-state index in [-0.39, 0.29) is 5.91 Å². The number of rotatable bonds is 4. The van der Waals surface area contributed by atoms with E-state index in [9.17, 15) is 4.79 Å². The number of aromatic nitrogens is 2. The van der Waals surface area contributed by atoms with Gasteiger partial charge in [0.15, 0.2) is 0 Å². The van der Waals surface area contributed by atoms with Crippen molar-refractivity contribution in [3.63, 3.8) is 0 Å². The summed E-state index contributed by atoms with van der Waals surface area (Å²) in [4.78, 5) is 22.9. The van der Waals surface area contributed by atoms with E-state index < -0.39 is 0 Å². The molecule has 122 valence electrons. The average molecular weight is 314 g/mol. The molecule has 1 aromatic carbocycles. The zero-order chi connectivity index (χ0) is 16.2. The molecule has 1 fully saturated rings. The monoisotopic (exact) mass is 314 g/mol. The quantitative estimate of drug-likeness (QED) is 0.939. The molecule has 1 aliphatic heterocycles. The number of nitrogens with zero attached hydrogens (tertiary/aromatic N) is 3. The van der Waals surface area contributed by atoms with Crippen molar-refractivity contribution in [2.75, 3.05) is 36.5 Å².